The molecule has 16 heavy (non-hydrogen) atoms. The molecular weight excluding hydrogens is 206 g/mol. The van der Waals surface area contributed by atoms with Crippen molar-refractivity contribution in [3.63, 3.8) is 0 Å². The summed E-state index contributed by atoms with van der Waals surface area (Å²) in [4.78, 5) is 12.0. The van der Waals surface area contributed by atoms with Gasteiger partial charge in [-0.05, 0) is 25.0 Å². The molecule has 1 aromatic rings. The standard InChI is InChI=1S/C12H13NO3/c14-9-4-1-3-8-10(9)16-7-12(5-2-6-12)11(15)13-8/h1,3-4,14H,2,5-7H2,(H,13,15). The fraction of sp³-hybridized carbons (Fsp3) is 0.417. The first-order chi connectivity index (χ1) is 7.71. The Balaban J connectivity index is 2.00. The lowest BCUT2D eigenvalue weighted by molar-refractivity contribution is -0.132. The minimum atomic E-state index is -0.370. The van der Waals surface area contributed by atoms with Crippen LogP contribution in [0.1, 0.15) is 19.3 Å². The molecule has 4 heteroatoms. The van der Waals surface area contributed by atoms with Crippen LogP contribution in [0.2, 0.25) is 0 Å². The van der Waals surface area contributed by atoms with Gasteiger partial charge in [-0.1, -0.05) is 12.5 Å². The van der Waals surface area contributed by atoms with E-state index >= 15 is 0 Å². The largest absolute Gasteiger partial charge is 0.504 e. The van der Waals surface area contributed by atoms with Crippen LogP contribution in [-0.2, 0) is 4.79 Å². The van der Waals surface area contributed by atoms with E-state index < -0.39 is 0 Å². The van der Waals surface area contributed by atoms with Crippen molar-refractivity contribution in [1.82, 2.24) is 0 Å². The van der Waals surface area contributed by atoms with Gasteiger partial charge in [0.15, 0.2) is 11.5 Å². The van der Waals surface area contributed by atoms with Crippen molar-refractivity contribution in [2.75, 3.05) is 11.9 Å². The van der Waals surface area contributed by atoms with Crippen molar-refractivity contribution in [2.24, 2.45) is 5.41 Å². The second-order valence-corrected chi connectivity index (χ2v) is 4.53. The number of carbonyl (C=O) groups is 1. The van der Waals surface area contributed by atoms with Crippen LogP contribution in [0.25, 0.3) is 0 Å². The van der Waals surface area contributed by atoms with Crippen LogP contribution in [0.4, 0.5) is 5.69 Å². The second kappa shape index (κ2) is 3.14. The summed E-state index contributed by atoms with van der Waals surface area (Å²) in [6.45, 7) is 0.364. The number of phenols is 1. The summed E-state index contributed by atoms with van der Waals surface area (Å²) in [6.07, 6.45) is 2.81. The number of ether oxygens (including phenoxy) is 1. The number of nitrogens with one attached hydrogen (secondary N) is 1. The highest BCUT2D eigenvalue weighted by atomic mass is 16.5. The molecule has 4 nitrogen and oxygen atoms in total. The summed E-state index contributed by atoms with van der Waals surface area (Å²) < 4.78 is 5.57. The van der Waals surface area contributed by atoms with E-state index in [4.69, 9.17) is 4.74 Å². The summed E-state index contributed by atoms with van der Waals surface area (Å²) in [5.74, 6) is 0.483. The molecule has 1 aliphatic carbocycles. The van der Waals surface area contributed by atoms with Crippen molar-refractivity contribution in [3.8, 4) is 11.5 Å². The molecule has 1 spiro atoms. The monoisotopic (exact) mass is 219 g/mol. The fourth-order valence-corrected chi connectivity index (χ4v) is 2.28. The maximum absolute atomic E-state index is 12.0. The van der Waals surface area contributed by atoms with Crippen molar-refractivity contribution >= 4 is 11.6 Å². The van der Waals surface area contributed by atoms with Crippen LogP contribution in [0, 0.1) is 5.41 Å². The number of benzene rings is 1. The molecule has 84 valence electrons. The average molecular weight is 219 g/mol. The first-order valence-corrected chi connectivity index (χ1v) is 5.48. The third-order valence-electron chi connectivity index (χ3n) is 3.53. The van der Waals surface area contributed by atoms with Gasteiger partial charge in [0.25, 0.3) is 0 Å². The molecular formula is C12H13NO3. The van der Waals surface area contributed by atoms with Crippen molar-refractivity contribution in [2.45, 2.75) is 19.3 Å². The van der Waals surface area contributed by atoms with Crippen LogP contribution >= 0.6 is 0 Å². The number of phenolic OH excluding ortho intramolecular Hbond substituents is 1. The van der Waals surface area contributed by atoms with E-state index in [1.807, 2.05) is 0 Å². The van der Waals surface area contributed by atoms with Gasteiger partial charge in [0.1, 0.15) is 6.61 Å². The lowest BCUT2D eigenvalue weighted by Gasteiger charge is -2.37. The van der Waals surface area contributed by atoms with Crippen molar-refractivity contribution < 1.29 is 14.6 Å². The highest BCUT2D eigenvalue weighted by Gasteiger charge is 2.46. The molecule has 0 aromatic heterocycles. The molecule has 0 unspecified atom stereocenters. The number of hydrogen-bond donors (Lipinski definition) is 2. The Morgan fingerprint density at radius 3 is 2.88 bits per heavy atom. The first-order valence-electron chi connectivity index (χ1n) is 5.48. The molecule has 1 fully saturated rings. The van der Waals surface area contributed by atoms with Crippen LogP contribution in [-0.4, -0.2) is 17.6 Å². The minimum absolute atomic E-state index is 0.0168. The maximum atomic E-state index is 12.0. The third kappa shape index (κ3) is 1.19. The fourth-order valence-electron chi connectivity index (χ4n) is 2.28. The molecule has 1 saturated carbocycles. The van der Waals surface area contributed by atoms with E-state index in [0.29, 0.717) is 18.0 Å². The van der Waals surface area contributed by atoms with Gasteiger partial charge in [0, 0.05) is 0 Å². The Kier molecular flexibility index (Phi) is 1.87. The van der Waals surface area contributed by atoms with Crippen molar-refractivity contribution in [1.29, 1.82) is 0 Å². The Labute approximate surface area is 93.2 Å². The normalized spacial score (nSPS) is 21.4. The number of para-hydroxylation sites is 1. The SMILES string of the molecule is O=C1Nc2cccc(O)c2OCC12CCC2. The maximum Gasteiger partial charge on any atom is 0.234 e. The third-order valence-corrected chi connectivity index (χ3v) is 3.53. The smallest absolute Gasteiger partial charge is 0.234 e. The number of aromatic hydroxyl groups is 1. The van der Waals surface area contributed by atoms with Gasteiger partial charge in [-0.2, -0.15) is 0 Å². The van der Waals surface area contributed by atoms with Gasteiger partial charge >= 0.3 is 0 Å². The van der Waals surface area contributed by atoms with E-state index in [9.17, 15) is 9.90 Å². The quantitative estimate of drug-likeness (QED) is 0.700. The summed E-state index contributed by atoms with van der Waals surface area (Å²) >= 11 is 0. The lowest BCUT2D eigenvalue weighted by Crippen LogP contribution is -2.45. The Morgan fingerprint density at radius 1 is 1.38 bits per heavy atom. The highest BCUT2D eigenvalue weighted by Crippen LogP contribution is 2.46. The number of carbonyl (C=O) groups excluding carboxylic acids is 1. The van der Waals surface area contributed by atoms with Gasteiger partial charge < -0.3 is 15.2 Å². The zero-order chi connectivity index (χ0) is 11.2. The predicted molar refractivity (Wildman–Crippen MR) is 58.5 cm³/mol. The Bertz CT molecular complexity index is 452. The van der Waals surface area contributed by atoms with E-state index in [1.165, 1.54) is 0 Å². The van der Waals surface area contributed by atoms with Gasteiger partial charge in [-0.15, -0.1) is 0 Å². The average Bonchev–Trinajstić information content (AvgIpc) is 2.34. The predicted octanol–water partition coefficient (Wildman–Crippen LogP) is 1.89. The molecule has 1 aromatic carbocycles. The van der Waals surface area contributed by atoms with Gasteiger partial charge in [0.2, 0.25) is 5.91 Å². The van der Waals surface area contributed by atoms with Crippen LogP contribution in [0.5, 0.6) is 11.5 Å². The molecule has 0 atom stereocenters. The van der Waals surface area contributed by atoms with Crippen molar-refractivity contribution in [3.05, 3.63) is 18.2 Å². The Hall–Kier alpha value is -1.71. The summed E-state index contributed by atoms with van der Waals surface area (Å²) in [7, 11) is 0. The molecule has 1 heterocycles. The van der Waals surface area contributed by atoms with Crippen LogP contribution in [0.15, 0.2) is 18.2 Å². The lowest BCUT2D eigenvalue weighted by atomic mass is 9.69. The highest BCUT2D eigenvalue weighted by molar-refractivity contribution is 5.98. The summed E-state index contributed by atoms with van der Waals surface area (Å²) in [5.41, 5.74) is 0.194. The Morgan fingerprint density at radius 2 is 2.19 bits per heavy atom. The van der Waals surface area contributed by atoms with E-state index in [2.05, 4.69) is 5.32 Å². The van der Waals surface area contributed by atoms with E-state index in [-0.39, 0.29) is 17.1 Å². The van der Waals surface area contributed by atoms with E-state index in [0.717, 1.165) is 19.3 Å². The van der Waals surface area contributed by atoms with Crippen LogP contribution in [0.3, 0.4) is 0 Å². The van der Waals surface area contributed by atoms with E-state index in [1.54, 1.807) is 18.2 Å². The summed E-state index contributed by atoms with van der Waals surface area (Å²) in [5, 5.41) is 12.5. The zero-order valence-corrected chi connectivity index (χ0v) is 8.82. The molecule has 3 rings (SSSR count). The van der Waals surface area contributed by atoms with Gasteiger partial charge in [-0.25, -0.2) is 0 Å². The number of hydrogen-bond acceptors (Lipinski definition) is 3. The first kappa shape index (κ1) is 9.51. The number of amides is 1. The van der Waals surface area contributed by atoms with Gasteiger partial charge in [-0.3, -0.25) is 4.79 Å². The molecule has 0 radical (unpaired) electrons. The van der Waals surface area contributed by atoms with Gasteiger partial charge in [0.05, 0.1) is 11.1 Å². The number of rotatable bonds is 0. The topological polar surface area (TPSA) is 58.6 Å². The second-order valence-electron chi connectivity index (χ2n) is 4.53. The summed E-state index contributed by atoms with van der Waals surface area (Å²) in [6, 6.07) is 4.99. The molecule has 0 bridgehead atoms. The van der Waals surface area contributed by atoms with Crippen LogP contribution < -0.4 is 10.1 Å². The number of anilines is 1. The molecule has 2 N–H and O–H groups in total. The molecule has 1 aliphatic heterocycles. The molecule has 2 aliphatic rings. The zero-order valence-electron chi connectivity index (χ0n) is 8.82. The molecule has 0 saturated heterocycles. The number of fused-ring (bicyclic) bond motifs is 1. The minimum Gasteiger partial charge on any atom is -0.504 e. The molecule has 1 amide bonds.